The highest BCUT2D eigenvalue weighted by Gasteiger charge is 2.12. The summed E-state index contributed by atoms with van der Waals surface area (Å²) in [6.07, 6.45) is -1.42. The molecule has 6 nitrogen and oxygen atoms in total. The summed E-state index contributed by atoms with van der Waals surface area (Å²) in [5.41, 5.74) is 2.74. The molecule has 0 saturated carbocycles. The smallest absolute Gasteiger partial charge is 0.496 e. The Kier molecular flexibility index (Phi) is 5.12. The van der Waals surface area contributed by atoms with E-state index < -0.39 is 6.16 Å². The Labute approximate surface area is 150 Å². The van der Waals surface area contributed by atoms with Crippen LogP contribution in [0.15, 0.2) is 59.0 Å². The first-order chi connectivity index (χ1) is 12.6. The zero-order valence-corrected chi connectivity index (χ0v) is 14.4. The highest BCUT2D eigenvalue weighted by molar-refractivity contribution is 5.70. The van der Waals surface area contributed by atoms with Crippen molar-refractivity contribution in [1.82, 2.24) is 0 Å². The quantitative estimate of drug-likeness (QED) is 0.634. The summed E-state index contributed by atoms with van der Waals surface area (Å²) in [5, 5.41) is 8.61. The van der Waals surface area contributed by atoms with E-state index in [9.17, 15) is 4.79 Å². The van der Waals surface area contributed by atoms with Gasteiger partial charge in [0.05, 0.1) is 7.11 Å². The topological polar surface area (TPSA) is 78.1 Å². The molecule has 0 atom stereocenters. The summed E-state index contributed by atoms with van der Waals surface area (Å²) in [6, 6.07) is 16.9. The average Bonchev–Trinajstić information content (AvgIpc) is 2.99. The van der Waals surface area contributed by atoms with Crippen LogP contribution in [-0.2, 0) is 6.61 Å². The van der Waals surface area contributed by atoms with Crippen molar-refractivity contribution in [2.45, 2.75) is 13.5 Å². The summed E-state index contributed by atoms with van der Waals surface area (Å²) in [6.45, 7) is 1.96. The molecule has 0 aliphatic rings. The maximum Gasteiger partial charge on any atom is 0.513 e. The van der Waals surface area contributed by atoms with E-state index in [1.54, 1.807) is 14.0 Å². The second-order valence-corrected chi connectivity index (χ2v) is 5.53. The van der Waals surface area contributed by atoms with Crippen molar-refractivity contribution in [3.63, 3.8) is 0 Å². The van der Waals surface area contributed by atoms with Crippen molar-refractivity contribution in [2.24, 2.45) is 0 Å². The van der Waals surface area contributed by atoms with E-state index in [1.165, 1.54) is 6.07 Å². The van der Waals surface area contributed by atoms with Crippen molar-refractivity contribution < 1.29 is 28.5 Å². The molecule has 0 aliphatic heterocycles. The SMILES string of the molecule is COc1ccccc1-c1ccc(OCc2cc(OC(=O)O)oc2C)cc1. The second-order valence-electron chi connectivity index (χ2n) is 5.53. The molecule has 2 aromatic carbocycles. The van der Waals surface area contributed by atoms with Gasteiger partial charge in [0.1, 0.15) is 23.9 Å². The van der Waals surface area contributed by atoms with Crippen molar-refractivity contribution in [3.8, 4) is 28.6 Å². The summed E-state index contributed by atoms with van der Waals surface area (Å²) < 4.78 is 20.8. The lowest BCUT2D eigenvalue weighted by molar-refractivity contribution is 0.132. The number of carboxylic acid groups (broad SMARTS) is 1. The highest BCUT2D eigenvalue weighted by atomic mass is 16.7. The minimum atomic E-state index is -1.42. The number of rotatable bonds is 6. The maximum absolute atomic E-state index is 10.5. The number of hydrogen-bond acceptors (Lipinski definition) is 5. The largest absolute Gasteiger partial charge is 0.513 e. The van der Waals surface area contributed by atoms with Crippen molar-refractivity contribution >= 4 is 6.16 Å². The summed E-state index contributed by atoms with van der Waals surface area (Å²) in [4.78, 5) is 10.5. The number of para-hydroxylation sites is 1. The molecule has 1 heterocycles. The first-order valence-corrected chi connectivity index (χ1v) is 7.93. The average molecular weight is 354 g/mol. The van der Waals surface area contributed by atoms with Gasteiger partial charge in [-0.15, -0.1) is 0 Å². The number of furan rings is 1. The van der Waals surface area contributed by atoms with Gasteiger partial charge in [-0.25, -0.2) is 4.79 Å². The third kappa shape index (κ3) is 3.97. The first kappa shape index (κ1) is 17.4. The number of carbonyl (C=O) groups is 1. The molecule has 0 spiro atoms. The zero-order chi connectivity index (χ0) is 18.5. The van der Waals surface area contributed by atoms with Gasteiger partial charge in [-0.3, -0.25) is 0 Å². The molecule has 134 valence electrons. The molecule has 0 aliphatic carbocycles. The van der Waals surface area contributed by atoms with E-state index >= 15 is 0 Å². The van der Waals surface area contributed by atoms with Crippen molar-refractivity contribution in [1.29, 1.82) is 0 Å². The van der Waals surface area contributed by atoms with E-state index in [2.05, 4.69) is 4.74 Å². The van der Waals surface area contributed by atoms with Gasteiger partial charge in [-0.1, -0.05) is 30.3 Å². The molecule has 0 bridgehead atoms. The number of benzene rings is 2. The minimum absolute atomic E-state index is 0.0693. The standard InChI is InChI=1S/C20H18O6/c1-13-15(11-19(25-13)26-20(21)22)12-24-16-9-7-14(8-10-16)17-5-3-4-6-18(17)23-2/h3-11H,12H2,1-2H3,(H,21,22). The predicted octanol–water partition coefficient (Wildman–Crippen LogP) is 4.90. The van der Waals surface area contributed by atoms with Crippen LogP contribution in [0.1, 0.15) is 11.3 Å². The highest BCUT2D eigenvalue weighted by Crippen LogP contribution is 2.31. The molecule has 0 saturated heterocycles. The maximum atomic E-state index is 10.5. The lowest BCUT2D eigenvalue weighted by Crippen LogP contribution is -2.01. The van der Waals surface area contributed by atoms with Crippen LogP contribution in [0.3, 0.4) is 0 Å². The van der Waals surface area contributed by atoms with Gasteiger partial charge in [-0.2, -0.15) is 0 Å². The third-order valence-electron chi connectivity index (χ3n) is 3.85. The van der Waals surface area contributed by atoms with E-state index in [0.717, 1.165) is 22.4 Å². The van der Waals surface area contributed by atoms with Crippen LogP contribution in [0.2, 0.25) is 0 Å². The Morgan fingerprint density at radius 3 is 2.54 bits per heavy atom. The summed E-state index contributed by atoms with van der Waals surface area (Å²) in [7, 11) is 1.64. The van der Waals surface area contributed by atoms with Crippen molar-refractivity contribution in [3.05, 3.63) is 65.9 Å². The molecule has 3 aromatic rings. The van der Waals surface area contributed by atoms with Gasteiger partial charge in [0.15, 0.2) is 0 Å². The molecule has 0 radical (unpaired) electrons. The van der Waals surface area contributed by atoms with Gasteiger partial charge in [0, 0.05) is 17.2 Å². The normalized spacial score (nSPS) is 10.4. The molecule has 3 rings (SSSR count). The molecule has 0 fully saturated rings. The van der Waals surface area contributed by atoms with Gasteiger partial charge in [0.2, 0.25) is 0 Å². The summed E-state index contributed by atoms with van der Waals surface area (Å²) >= 11 is 0. The molecule has 1 aromatic heterocycles. The molecule has 0 amide bonds. The molecule has 6 heteroatoms. The van der Waals surface area contributed by atoms with Gasteiger partial charge >= 0.3 is 6.16 Å². The fourth-order valence-electron chi connectivity index (χ4n) is 2.54. The fourth-order valence-corrected chi connectivity index (χ4v) is 2.54. The van der Waals surface area contributed by atoms with Crippen LogP contribution < -0.4 is 14.2 Å². The van der Waals surface area contributed by atoms with E-state index in [0.29, 0.717) is 11.5 Å². The number of aryl methyl sites for hydroxylation is 1. The molecular formula is C20H18O6. The van der Waals surface area contributed by atoms with Gasteiger partial charge in [0.25, 0.3) is 5.95 Å². The predicted molar refractivity (Wildman–Crippen MR) is 94.9 cm³/mol. The molecule has 26 heavy (non-hydrogen) atoms. The zero-order valence-electron chi connectivity index (χ0n) is 14.4. The van der Waals surface area contributed by atoms with Crippen LogP contribution in [0.4, 0.5) is 4.79 Å². The molecule has 1 N–H and O–H groups in total. The lowest BCUT2D eigenvalue weighted by atomic mass is 10.0. The van der Waals surface area contributed by atoms with Crippen LogP contribution >= 0.6 is 0 Å². The number of hydrogen-bond donors (Lipinski definition) is 1. The van der Waals surface area contributed by atoms with Gasteiger partial charge in [-0.05, 0) is 30.7 Å². The monoisotopic (exact) mass is 354 g/mol. The third-order valence-corrected chi connectivity index (χ3v) is 3.85. The Hall–Kier alpha value is -3.41. The Bertz CT molecular complexity index is 895. The second kappa shape index (κ2) is 7.65. The van der Waals surface area contributed by atoms with Gasteiger partial charge < -0.3 is 23.7 Å². The fraction of sp³-hybridized carbons (Fsp3) is 0.150. The Balaban J connectivity index is 1.68. The van der Waals surface area contributed by atoms with Crippen LogP contribution in [0, 0.1) is 6.92 Å². The summed E-state index contributed by atoms with van der Waals surface area (Å²) in [5.74, 6) is 1.97. The van der Waals surface area contributed by atoms with Crippen LogP contribution in [0.25, 0.3) is 11.1 Å². The Morgan fingerprint density at radius 2 is 1.85 bits per heavy atom. The number of methoxy groups -OCH3 is 1. The lowest BCUT2D eigenvalue weighted by Gasteiger charge is -2.10. The van der Waals surface area contributed by atoms with Crippen LogP contribution in [0.5, 0.6) is 17.4 Å². The molecule has 0 unspecified atom stereocenters. The number of ether oxygens (including phenoxy) is 3. The Morgan fingerprint density at radius 1 is 1.12 bits per heavy atom. The van der Waals surface area contributed by atoms with Crippen LogP contribution in [-0.4, -0.2) is 18.4 Å². The first-order valence-electron chi connectivity index (χ1n) is 7.93. The van der Waals surface area contributed by atoms with E-state index in [1.807, 2.05) is 48.5 Å². The van der Waals surface area contributed by atoms with E-state index in [4.69, 9.17) is 19.0 Å². The van der Waals surface area contributed by atoms with E-state index in [-0.39, 0.29) is 12.6 Å². The minimum Gasteiger partial charge on any atom is -0.496 e. The van der Waals surface area contributed by atoms with Crippen molar-refractivity contribution in [2.75, 3.05) is 7.11 Å². The molecular weight excluding hydrogens is 336 g/mol.